The highest BCUT2D eigenvalue weighted by Crippen LogP contribution is 2.35. The first-order valence-electron chi connectivity index (χ1n) is 6.70. The summed E-state index contributed by atoms with van der Waals surface area (Å²) in [4.78, 5) is 3.56. The number of benzene rings is 3. The molecule has 2 heteroatoms. The molecule has 0 radical (unpaired) electrons. The van der Waals surface area contributed by atoms with Gasteiger partial charge in [0.05, 0.1) is 0 Å². The number of H-pyrrole nitrogens is 1. The molecule has 94 valence electrons. The third-order valence-corrected chi connectivity index (χ3v) is 4.94. The molecule has 1 N–H and O–H groups in total. The second kappa shape index (κ2) is 3.62. The van der Waals surface area contributed by atoms with Gasteiger partial charge in [-0.15, -0.1) is 11.3 Å². The summed E-state index contributed by atoms with van der Waals surface area (Å²) in [6, 6.07) is 19.7. The molecule has 2 heterocycles. The lowest BCUT2D eigenvalue weighted by Gasteiger charge is -1.99. The number of hydrogen-bond acceptors (Lipinski definition) is 1. The van der Waals surface area contributed by atoms with Crippen LogP contribution in [0.3, 0.4) is 0 Å². The van der Waals surface area contributed by atoms with Crippen molar-refractivity contribution in [1.82, 2.24) is 4.98 Å². The second-order valence-corrected chi connectivity index (χ2v) is 6.14. The molecular formula is C18H11NS. The molecule has 20 heavy (non-hydrogen) atoms. The van der Waals surface area contributed by atoms with E-state index < -0.39 is 0 Å². The number of fused-ring (bicyclic) bond motifs is 6. The van der Waals surface area contributed by atoms with Crippen molar-refractivity contribution in [2.45, 2.75) is 0 Å². The van der Waals surface area contributed by atoms with Gasteiger partial charge in [0, 0.05) is 26.5 Å². The van der Waals surface area contributed by atoms with E-state index in [2.05, 4.69) is 65.0 Å². The maximum absolute atomic E-state index is 3.56. The van der Waals surface area contributed by atoms with Crippen LogP contribution in [0.1, 0.15) is 0 Å². The van der Waals surface area contributed by atoms with Gasteiger partial charge < -0.3 is 4.98 Å². The van der Waals surface area contributed by atoms with Gasteiger partial charge >= 0.3 is 0 Å². The summed E-state index contributed by atoms with van der Waals surface area (Å²) < 4.78 is 1.35. The van der Waals surface area contributed by atoms with Crippen molar-refractivity contribution in [2.75, 3.05) is 0 Å². The molecule has 0 aliphatic carbocycles. The third-order valence-electron chi connectivity index (χ3n) is 4.06. The Hall–Kier alpha value is -2.32. The summed E-state index contributed by atoms with van der Waals surface area (Å²) >= 11 is 1.81. The van der Waals surface area contributed by atoms with Crippen molar-refractivity contribution in [2.24, 2.45) is 0 Å². The molecule has 0 atom stereocenters. The molecule has 5 rings (SSSR count). The van der Waals surface area contributed by atoms with E-state index in [1.807, 2.05) is 0 Å². The molecule has 0 saturated carbocycles. The zero-order chi connectivity index (χ0) is 13.1. The molecule has 3 aromatic carbocycles. The van der Waals surface area contributed by atoms with Gasteiger partial charge in [0.15, 0.2) is 0 Å². The summed E-state index contributed by atoms with van der Waals surface area (Å²) in [5.41, 5.74) is 2.44. The molecule has 2 aromatic heterocycles. The molecule has 0 fully saturated rings. The van der Waals surface area contributed by atoms with Gasteiger partial charge in [0.1, 0.15) is 0 Å². The maximum Gasteiger partial charge on any atom is 0.0472 e. The standard InChI is InChI=1S/C18H11NS/c1-2-4-13-11(3-1)5-6-15-18(13)14-10-17-12(7-8-20-17)9-16(14)19-15/h1-10,19H. The number of rotatable bonds is 0. The minimum absolute atomic E-state index is 1.22. The van der Waals surface area contributed by atoms with E-state index in [4.69, 9.17) is 0 Å². The Balaban J connectivity index is 2.11. The largest absolute Gasteiger partial charge is 0.354 e. The molecule has 5 aromatic rings. The predicted molar refractivity (Wildman–Crippen MR) is 88.7 cm³/mol. The van der Waals surface area contributed by atoms with Gasteiger partial charge in [-0.1, -0.05) is 30.3 Å². The van der Waals surface area contributed by atoms with E-state index in [0.29, 0.717) is 0 Å². The van der Waals surface area contributed by atoms with E-state index >= 15 is 0 Å². The minimum Gasteiger partial charge on any atom is -0.354 e. The smallest absolute Gasteiger partial charge is 0.0472 e. The van der Waals surface area contributed by atoms with Crippen molar-refractivity contribution in [3.05, 3.63) is 60.0 Å². The normalized spacial score (nSPS) is 12.0. The highest BCUT2D eigenvalue weighted by atomic mass is 32.1. The van der Waals surface area contributed by atoms with E-state index in [0.717, 1.165) is 0 Å². The molecule has 0 bridgehead atoms. The van der Waals surface area contributed by atoms with Gasteiger partial charge in [-0.05, 0) is 45.8 Å². The van der Waals surface area contributed by atoms with Gasteiger partial charge in [0.2, 0.25) is 0 Å². The van der Waals surface area contributed by atoms with Gasteiger partial charge in [0.25, 0.3) is 0 Å². The number of aromatic amines is 1. The Kier molecular flexibility index (Phi) is 1.89. The maximum atomic E-state index is 3.56. The van der Waals surface area contributed by atoms with Crippen molar-refractivity contribution in [3.8, 4) is 0 Å². The van der Waals surface area contributed by atoms with Gasteiger partial charge in [-0.2, -0.15) is 0 Å². The average Bonchev–Trinajstić information content (AvgIpc) is 3.07. The van der Waals surface area contributed by atoms with Crippen molar-refractivity contribution >= 4 is 54.0 Å². The highest BCUT2D eigenvalue weighted by Gasteiger charge is 2.09. The van der Waals surface area contributed by atoms with Crippen LogP contribution in [0.2, 0.25) is 0 Å². The SMILES string of the molecule is c1ccc2c(c1)ccc1[nH]c3cc4ccsc4cc3c12. The van der Waals surface area contributed by atoms with Crippen molar-refractivity contribution < 1.29 is 0 Å². The molecule has 0 aliphatic heterocycles. The Labute approximate surface area is 119 Å². The summed E-state index contributed by atoms with van der Waals surface area (Å²) in [6.07, 6.45) is 0. The lowest BCUT2D eigenvalue weighted by Crippen LogP contribution is -1.73. The van der Waals surface area contributed by atoms with Crippen molar-refractivity contribution in [3.63, 3.8) is 0 Å². The van der Waals surface area contributed by atoms with Gasteiger partial charge in [-0.3, -0.25) is 0 Å². The van der Waals surface area contributed by atoms with Crippen LogP contribution < -0.4 is 0 Å². The number of aromatic nitrogens is 1. The lowest BCUT2D eigenvalue weighted by molar-refractivity contribution is 1.56. The molecule has 0 aliphatic rings. The molecule has 0 saturated heterocycles. The highest BCUT2D eigenvalue weighted by molar-refractivity contribution is 7.17. The van der Waals surface area contributed by atoms with E-state index in [9.17, 15) is 0 Å². The first-order valence-corrected chi connectivity index (χ1v) is 7.58. The predicted octanol–water partition coefficient (Wildman–Crippen LogP) is 5.69. The summed E-state index contributed by atoms with van der Waals surface area (Å²) in [7, 11) is 0. The van der Waals surface area contributed by atoms with Crippen molar-refractivity contribution in [1.29, 1.82) is 0 Å². The third kappa shape index (κ3) is 1.27. The minimum atomic E-state index is 1.22. The van der Waals surface area contributed by atoms with Crippen LogP contribution >= 0.6 is 11.3 Å². The monoisotopic (exact) mass is 273 g/mol. The summed E-state index contributed by atoms with van der Waals surface area (Å²) in [5.74, 6) is 0. The molecule has 0 unspecified atom stereocenters. The second-order valence-electron chi connectivity index (χ2n) is 5.19. The summed E-state index contributed by atoms with van der Waals surface area (Å²) in [6.45, 7) is 0. The van der Waals surface area contributed by atoms with Crippen LogP contribution in [0.4, 0.5) is 0 Å². The fraction of sp³-hybridized carbons (Fsp3) is 0. The molecule has 0 amide bonds. The van der Waals surface area contributed by atoms with E-state index in [1.165, 1.54) is 42.7 Å². The average molecular weight is 273 g/mol. The first kappa shape index (κ1) is 10.5. The molecule has 1 nitrogen and oxygen atoms in total. The fourth-order valence-corrected chi connectivity index (χ4v) is 3.94. The topological polar surface area (TPSA) is 15.8 Å². The number of nitrogens with one attached hydrogen (secondary N) is 1. The summed E-state index contributed by atoms with van der Waals surface area (Å²) in [5, 5.41) is 8.77. The zero-order valence-corrected chi connectivity index (χ0v) is 11.5. The lowest BCUT2D eigenvalue weighted by atomic mass is 10.0. The molecular weight excluding hydrogens is 262 g/mol. The Morgan fingerprint density at radius 2 is 1.70 bits per heavy atom. The van der Waals surface area contributed by atoms with Crippen LogP contribution in [0.15, 0.2) is 60.0 Å². The zero-order valence-electron chi connectivity index (χ0n) is 10.7. The Morgan fingerprint density at radius 3 is 2.70 bits per heavy atom. The van der Waals surface area contributed by atoms with E-state index in [-0.39, 0.29) is 0 Å². The quantitative estimate of drug-likeness (QED) is 0.373. The van der Waals surface area contributed by atoms with E-state index in [1.54, 1.807) is 11.3 Å². The van der Waals surface area contributed by atoms with Gasteiger partial charge in [-0.25, -0.2) is 0 Å². The fourth-order valence-electron chi connectivity index (χ4n) is 3.13. The number of hydrogen-bond donors (Lipinski definition) is 1. The van der Waals surface area contributed by atoms with Crippen LogP contribution in [0.25, 0.3) is 42.7 Å². The molecule has 0 spiro atoms. The van der Waals surface area contributed by atoms with Crippen LogP contribution in [-0.2, 0) is 0 Å². The number of thiophene rings is 1. The van der Waals surface area contributed by atoms with Crippen LogP contribution in [-0.4, -0.2) is 4.98 Å². The van der Waals surface area contributed by atoms with Crippen LogP contribution in [0.5, 0.6) is 0 Å². The first-order chi connectivity index (χ1) is 9.90. The Bertz CT molecular complexity index is 1100. The van der Waals surface area contributed by atoms with Crippen LogP contribution in [0, 0.1) is 0 Å². The Morgan fingerprint density at radius 1 is 0.750 bits per heavy atom.